The number of phenols is 6. The molecule has 0 bridgehead atoms. The van der Waals surface area contributed by atoms with Gasteiger partial charge in [0.1, 0.15) is 34.5 Å². The summed E-state index contributed by atoms with van der Waals surface area (Å²) >= 11 is 9.21. The number of hydrogen-bond acceptors (Lipinski definition) is 27. The summed E-state index contributed by atoms with van der Waals surface area (Å²) in [7, 11) is -8.65. The molecule has 6 amide bonds. The fraction of sp³-hybridized carbons (Fsp3) is 0. The highest BCUT2D eigenvalue weighted by Crippen LogP contribution is 2.44. The molecule has 42 heteroatoms. The quantitative estimate of drug-likeness (QED) is 0.0116. The number of carbonyl (C=O) groups excluding carboxylic acids is 3. The van der Waals surface area contributed by atoms with Gasteiger partial charge >= 0.3 is 18.1 Å². The van der Waals surface area contributed by atoms with E-state index in [4.69, 9.17) is 0 Å². The van der Waals surface area contributed by atoms with Crippen LogP contribution in [-0.4, -0.2) is 118 Å². The fourth-order valence-electron chi connectivity index (χ4n) is 9.52. The molecule has 0 aliphatic rings. The Labute approximate surface area is 621 Å². The van der Waals surface area contributed by atoms with E-state index in [0.717, 1.165) is 79.6 Å². The zero-order valence-electron chi connectivity index (χ0n) is 52.7. The van der Waals surface area contributed by atoms with Gasteiger partial charge in [-0.25, -0.2) is 39.6 Å². The van der Waals surface area contributed by atoms with E-state index in [9.17, 15) is 70.3 Å². The smallest absolute Gasteiger partial charge is 0.323 e. The third-order valence-corrected chi connectivity index (χ3v) is 23.0. The fourth-order valence-corrected chi connectivity index (χ4v) is 17.4. The summed E-state index contributed by atoms with van der Waals surface area (Å²) in [6.45, 7) is 0. The minimum Gasteiger partial charge on any atom is -0.508 e. The highest BCUT2D eigenvalue weighted by molar-refractivity contribution is 8.77. The van der Waals surface area contributed by atoms with Crippen LogP contribution in [0.25, 0.3) is 17.1 Å². The van der Waals surface area contributed by atoms with Crippen molar-refractivity contribution in [3.63, 3.8) is 0 Å². The number of nitrogens with zero attached hydrogens (tertiary/aromatic N) is 9. The molecule has 12 aromatic rings. The van der Waals surface area contributed by atoms with Crippen molar-refractivity contribution in [1.29, 1.82) is 0 Å². The van der Waals surface area contributed by atoms with Gasteiger partial charge in [0, 0.05) is 52.3 Å². The zero-order chi connectivity index (χ0) is 74.3. The molecule has 105 heavy (non-hydrogen) atoms. The Kier molecular flexibility index (Phi) is 21.7. The highest BCUT2D eigenvalue weighted by atomic mass is 33.1. The Bertz CT molecular complexity index is 5490. The first-order valence-corrected chi connectivity index (χ1v) is 39.3. The van der Waals surface area contributed by atoms with Crippen LogP contribution >= 0.6 is 68.4 Å². The number of sulfonamides is 3. The maximum atomic E-state index is 13.7. The lowest BCUT2D eigenvalue weighted by Crippen LogP contribution is -2.20. The van der Waals surface area contributed by atoms with E-state index in [2.05, 4.69) is 102 Å². The Balaban J connectivity index is 0.770. The normalized spacial score (nSPS) is 11.5. The second-order valence-electron chi connectivity index (χ2n) is 21.6. The van der Waals surface area contributed by atoms with Gasteiger partial charge in [-0.05, 0) is 189 Å². The first-order chi connectivity index (χ1) is 50.2. The van der Waals surface area contributed by atoms with Crippen molar-refractivity contribution >= 4 is 168 Å². The van der Waals surface area contributed by atoms with Gasteiger partial charge in [-0.15, -0.1) is 55.8 Å². The summed E-state index contributed by atoms with van der Waals surface area (Å²) in [5.74, 6) is -2.20. The molecule has 536 valence electrons. The number of rotatable bonds is 24. The van der Waals surface area contributed by atoms with E-state index >= 15 is 0 Å². The van der Waals surface area contributed by atoms with Crippen LogP contribution in [0, 0.1) is 0 Å². The van der Waals surface area contributed by atoms with Gasteiger partial charge in [0.05, 0.1) is 48.8 Å². The van der Waals surface area contributed by atoms with Crippen LogP contribution in [-0.2, 0) is 30.1 Å². The monoisotopic (exact) mass is 1590 g/mol. The first-order valence-electron chi connectivity index (χ1n) is 29.6. The van der Waals surface area contributed by atoms with Gasteiger partial charge < -0.3 is 62.5 Å². The van der Waals surface area contributed by atoms with Crippen molar-refractivity contribution in [2.75, 3.05) is 46.1 Å². The van der Waals surface area contributed by atoms with Gasteiger partial charge in [0.15, 0.2) is 10.3 Å². The lowest BCUT2D eigenvalue weighted by atomic mass is 10.2. The average Bonchev–Trinajstić information content (AvgIpc) is 1.63. The number of nitrogens with one attached hydrogen (secondary N) is 9. The van der Waals surface area contributed by atoms with Crippen molar-refractivity contribution in [3.05, 3.63) is 200 Å². The Hall–Kier alpha value is -11.6. The molecule has 3 aromatic heterocycles. The Morgan fingerprint density at radius 3 is 0.857 bits per heavy atom. The summed E-state index contributed by atoms with van der Waals surface area (Å²) in [5, 5.41) is 104. The second kappa shape index (κ2) is 31.1. The number of aromatic nitrogens is 9. The summed E-state index contributed by atoms with van der Waals surface area (Å²) in [4.78, 5) is 39.8. The number of hydrogen-bond donors (Lipinski definition) is 17. The highest BCUT2D eigenvalue weighted by Gasteiger charge is 2.26. The van der Waals surface area contributed by atoms with Crippen LogP contribution in [0.15, 0.2) is 246 Å². The molecule has 0 saturated heterocycles. The summed E-state index contributed by atoms with van der Waals surface area (Å²) < 4.78 is 91.4. The topological polar surface area (TPSA) is 475 Å². The van der Waals surface area contributed by atoms with Crippen LogP contribution in [0.5, 0.6) is 34.5 Å². The first kappa shape index (κ1) is 73.1. The molecule has 15 N–H and O–H groups in total. The molecule has 3 heterocycles. The molecule has 0 saturated carbocycles. The van der Waals surface area contributed by atoms with E-state index in [1.54, 1.807) is 86.5 Å². The largest absolute Gasteiger partial charge is 0.508 e. The van der Waals surface area contributed by atoms with E-state index in [-0.39, 0.29) is 114 Å². The SMILES string of the molecule is O=C(Nc1cccc(-n2c(S)nnc2SSc2nnc(SSc3nnc(S)n3-c3cccc(NC(=O)Nc4cccc(S(=O)(=O)Nc5cc(O)ccc5O)c4)c3)n2-c2cccc(NC(=O)Nc3cccc(S(=O)(=O)Nc4cc(O)ccc4O)c3)c2)c1)Nc1cccc(S(=O)(=O)Nc2cc(O)ccc2O)c1. The van der Waals surface area contributed by atoms with Crippen molar-refractivity contribution in [3.8, 4) is 51.6 Å². The number of thiol groups is 2. The minimum atomic E-state index is -4.36. The molecular formula is C63H50N18O15S9. The number of anilines is 9. The van der Waals surface area contributed by atoms with Gasteiger partial charge in [-0.3, -0.25) is 27.9 Å². The molecule has 9 aromatic carbocycles. The molecule has 0 fully saturated rings. The van der Waals surface area contributed by atoms with Crippen LogP contribution < -0.4 is 46.1 Å². The maximum Gasteiger partial charge on any atom is 0.323 e. The molecule has 0 unspecified atom stereocenters. The second-order valence-corrected chi connectivity index (χ2v) is 31.5. The lowest BCUT2D eigenvalue weighted by Gasteiger charge is -2.14. The van der Waals surface area contributed by atoms with E-state index < -0.39 is 65.4 Å². The number of aromatic hydroxyl groups is 6. The summed E-state index contributed by atoms with van der Waals surface area (Å²) in [6.07, 6.45) is 0. The average molecular weight is 1590 g/mol. The Morgan fingerprint density at radius 1 is 0.314 bits per heavy atom. The number of benzene rings is 9. The number of phenolic OH excluding ortho intramolecular Hbond substituents is 6. The van der Waals surface area contributed by atoms with E-state index in [0.29, 0.717) is 17.1 Å². The molecule has 0 radical (unpaired) electrons. The van der Waals surface area contributed by atoms with Crippen molar-refractivity contribution in [2.45, 2.75) is 45.6 Å². The maximum absolute atomic E-state index is 13.7. The predicted octanol–water partition coefficient (Wildman–Crippen LogP) is 12.2. The number of carbonyl (C=O) groups is 3. The molecule has 33 nitrogen and oxygen atoms in total. The van der Waals surface area contributed by atoms with Gasteiger partial charge in [-0.2, -0.15) is 0 Å². The third-order valence-electron chi connectivity index (χ3n) is 14.2. The molecular weight excluding hydrogens is 1540 g/mol. The Morgan fingerprint density at radius 2 is 0.562 bits per heavy atom. The predicted molar refractivity (Wildman–Crippen MR) is 401 cm³/mol. The van der Waals surface area contributed by atoms with Crippen molar-refractivity contribution < 1.29 is 70.3 Å². The molecule has 0 spiro atoms. The third kappa shape index (κ3) is 17.9. The number of urea groups is 3. The van der Waals surface area contributed by atoms with Crippen LogP contribution in [0.1, 0.15) is 0 Å². The van der Waals surface area contributed by atoms with Gasteiger partial charge in [0.25, 0.3) is 30.1 Å². The zero-order valence-corrected chi connectivity index (χ0v) is 60.2. The summed E-state index contributed by atoms with van der Waals surface area (Å²) in [6, 6.07) is 43.2. The van der Waals surface area contributed by atoms with Crippen LogP contribution in [0.2, 0.25) is 0 Å². The summed E-state index contributed by atoms with van der Waals surface area (Å²) in [5.41, 5.74) is 1.47. The lowest BCUT2D eigenvalue weighted by molar-refractivity contribution is 0.261. The van der Waals surface area contributed by atoms with E-state index in [1.165, 1.54) is 91.0 Å². The van der Waals surface area contributed by atoms with Crippen molar-refractivity contribution in [1.82, 2.24) is 44.3 Å². The molecule has 0 aliphatic heterocycles. The molecule has 0 aliphatic carbocycles. The van der Waals surface area contributed by atoms with Crippen molar-refractivity contribution in [2.24, 2.45) is 0 Å². The standard InChI is InChI=1S/C63H50N18O15S9/c82-43-19-22-52(85)49(31-43)76-103(91,92)46-16-4-10-37(28-46)67-55(88)64-34-7-1-13-40(25-34)79-58(97)70-72-60(79)99-101-62-74-75-63(81(62)42-15-3-9-36(27-42)66-57(90)69-39-12-6-18-48(30-39)105(95,96)78-51-33-45(84)21-24-54(51)87)102-100-61-73-71-59(98)80(61)41-14-2-8-35(26-41)65-56(89)68-38-11-5-17-47(29-38)104(93,94)77-50-32-44(83)20-23-53(50)86/h1-33,76-78,82-87H,(H,70,97)(H,71,98)(H2,64,67,88)(H2,65,68,89)(H2,66,69,90). The molecule has 12 rings (SSSR count). The number of amides is 6. The van der Waals surface area contributed by atoms with Gasteiger partial charge in [0.2, 0.25) is 20.6 Å². The minimum absolute atomic E-state index is 0.0631. The van der Waals surface area contributed by atoms with Gasteiger partial charge in [-0.1, -0.05) is 36.4 Å². The van der Waals surface area contributed by atoms with Crippen LogP contribution in [0.3, 0.4) is 0 Å². The van der Waals surface area contributed by atoms with E-state index in [1.807, 2.05) is 0 Å². The van der Waals surface area contributed by atoms with Crippen LogP contribution in [0.4, 0.5) is 65.6 Å². The molecule has 0 atom stereocenters.